The monoisotopic (exact) mass is 1120 g/mol. The Morgan fingerprint density at radius 3 is 2.35 bits per heavy atom. The van der Waals surface area contributed by atoms with Crippen LogP contribution in [0.15, 0.2) is 127 Å². The Balaban J connectivity index is 0.736. The molecule has 3 aromatic heterocycles. The van der Waals surface area contributed by atoms with Gasteiger partial charge in [-0.1, -0.05) is 105 Å². The number of carbonyl (C=O) groups excluding carboxylic acids is 4. The number of aliphatic hydroxyl groups excluding tert-OH is 1. The van der Waals surface area contributed by atoms with Crippen molar-refractivity contribution in [1.82, 2.24) is 30.5 Å². The summed E-state index contributed by atoms with van der Waals surface area (Å²) in [5.74, 6) is -0.924. The molecule has 4 amide bonds. The number of aromatic carboxylic acids is 1. The van der Waals surface area contributed by atoms with Crippen LogP contribution in [0.4, 0.5) is 10.9 Å². The van der Waals surface area contributed by atoms with Crippen LogP contribution in [0.25, 0.3) is 31.8 Å². The quantitative estimate of drug-likeness (QED) is 0.0576. The number of nitrogens with one attached hydrogen (secondary N) is 3. The van der Waals surface area contributed by atoms with E-state index in [2.05, 4.69) is 25.9 Å². The van der Waals surface area contributed by atoms with E-state index in [-0.39, 0.29) is 48.8 Å². The van der Waals surface area contributed by atoms with Crippen molar-refractivity contribution in [3.63, 3.8) is 0 Å². The number of nitrogens with zero attached hydrogens (tertiary/aromatic N) is 5. The molecule has 2 aliphatic heterocycles. The number of β-amino-alcohol motifs (C(OH)–C–C–N with tert-alkyl or cyclic N) is 1. The summed E-state index contributed by atoms with van der Waals surface area (Å²) < 4.78 is 7.35. The van der Waals surface area contributed by atoms with Gasteiger partial charge in [0.1, 0.15) is 29.4 Å². The van der Waals surface area contributed by atoms with Crippen LogP contribution in [0.1, 0.15) is 107 Å². The maximum absolute atomic E-state index is 14.3. The summed E-state index contributed by atoms with van der Waals surface area (Å²) in [7, 11) is 0. The summed E-state index contributed by atoms with van der Waals surface area (Å²) in [6.45, 7) is 12.2. The first kappa shape index (κ1) is 56.0. The van der Waals surface area contributed by atoms with Crippen molar-refractivity contribution in [2.24, 2.45) is 5.41 Å². The summed E-state index contributed by atoms with van der Waals surface area (Å²) in [5, 5.41) is 30.8. The molecule has 1 fully saturated rings. The van der Waals surface area contributed by atoms with Gasteiger partial charge < -0.3 is 35.4 Å². The van der Waals surface area contributed by atoms with Crippen molar-refractivity contribution in [3.05, 3.63) is 172 Å². The maximum Gasteiger partial charge on any atom is 0.355 e. The van der Waals surface area contributed by atoms with E-state index in [0.717, 1.165) is 54.2 Å². The first-order valence-electron chi connectivity index (χ1n) is 27.1. The second-order valence-electron chi connectivity index (χ2n) is 21.8. The lowest BCUT2D eigenvalue weighted by Gasteiger charge is -2.35. The lowest BCUT2D eigenvalue weighted by molar-refractivity contribution is -0.144. The van der Waals surface area contributed by atoms with E-state index >= 15 is 0 Å². The second kappa shape index (κ2) is 23.8. The van der Waals surface area contributed by atoms with Crippen LogP contribution >= 0.6 is 22.7 Å². The van der Waals surface area contributed by atoms with Gasteiger partial charge in [-0.25, -0.2) is 19.7 Å². The molecule has 0 aliphatic carbocycles. The normalized spacial score (nSPS) is 15.9. The van der Waals surface area contributed by atoms with Crippen LogP contribution in [0, 0.1) is 19.3 Å². The number of aliphatic hydroxyl groups is 1. The molecule has 81 heavy (non-hydrogen) atoms. The SMILES string of the molecule is Cc1ncsc1-c1ccc([C@H](C)NC(=O)[C@@H]2C[C@@H](O)CN2C(=O)[C@@H](NC(=O)CCCc2ccc(Oc3cccc(-c4ccc(N5CCc6cccc(C(=O)Nc7nc8ccccc8s7)c6C5)nc4C(=O)O)c3C)cc2)C(C)(C)C)cc1. The molecular formula is C63H64N8O8S2. The molecule has 416 valence electrons. The van der Waals surface area contributed by atoms with Gasteiger partial charge in [0.25, 0.3) is 5.91 Å². The highest BCUT2D eigenvalue weighted by atomic mass is 32.1. The minimum atomic E-state index is -1.17. The predicted molar refractivity (Wildman–Crippen MR) is 316 cm³/mol. The number of hydrogen-bond donors (Lipinski definition) is 5. The smallest absolute Gasteiger partial charge is 0.355 e. The van der Waals surface area contributed by atoms with Gasteiger partial charge in [-0.15, -0.1) is 11.3 Å². The molecule has 0 unspecified atom stereocenters. The maximum atomic E-state index is 14.3. The number of anilines is 2. The molecule has 5 N–H and O–H groups in total. The summed E-state index contributed by atoms with van der Waals surface area (Å²) in [5.41, 5.74) is 9.95. The Morgan fingerprint density at radius 2 is 1.62 bits per heavy atom. The van der Waals surface area contributed by atoms with Gasteiger partial charge in [0.15, 0.2) is 10.8 Å². The molecule has 5 aromatic carbocycles. The van der Waals surface area contributed by atoms with Crippen LogP contribution in [-0.4, -0.2) is 90.9 Å². The van der Waals surface area contributed by atoms with E-state index < -0.39 is 35.5 Å². The van der Waals surface area contributed by atoms with Gasteiger partial charge in [0.05, 0.1) is 38.4 Å². The van der Waals surface area contributed by atoms with Crippen LogP contribution in [0.3, 0.4) is 0 Å². The van der Waals surface area contributed by atoms with Gasteiger partial charge in [0.2, 0.25) is 17.7 Å². The Labute approximate surface area is 478 Å². The molecule has 8 aromatic rings. The number of likely N-dealkylation sites (tertiary alicyclic amines) is 1. The third-order valence-corrected chi connectivity index (χ3v) is 17.0. The summed E-state index contributed by atoms with van der Waals surface area (Å²) >= 11 is 2.98. The number of para-hydroxylation sites is 1. The second-order valence-corrected chi connectivity index (χ2v) is 23.7. The number of amides is 4. The van der Waals surface area contributed by atoms with E-state index in [9.17, 15) is 34.2 Å². The van der Waals surface area contributed by atoms with Crippen LogP contribution in [0.5, 0.6) is 11.5 Å². The molecule has 18 heteroatoms. The molecule has 0 radical (unpaired) electrons. The van der Waals surface area contributed by atoms with Gasteiger partial charge in [-0.05, 0) is 133 Å². The molecule has 5 heterocycles. The number of fused-ring (bicyclic) bond motifs is 2. The van der Waals surface area contributed by atoms with Crippen LogP contribution in [0.2, 0.25) is 0 Å². The molecule has 2 aliphatic rings. The number of carbonyl (C=O) groups is 5. The third kappa shape index (κ3) is 12.5. The Bertz CT molecular complexity index is 3630. The lowest BCUT2D eigenvalue weighted by Crippen LogP contribution is -2.57. The van der Waals surface area contributed by atoms with Crippen molar-refractivity contribution in [3.8, 4) is 33.1 Å². The molecular weight excluding hydrogens is 1060 g/mol. The third-order valence-electron chi connectivity index (χ3n) is 15.1. The standard InChI is InChI=1S/C63H64N8O8S2/c1-36-45(46-28-29-53(67-55(46)61(77)78)70-31-30-41-13-10-15-47(48(41)34-70)58(74)69-62-66-49-16-7-8-18-52(49)81-62)14-11-17-51(36)79-44-26-20-39(21-27-44)12-9-19-54(73)68-57(63(4,5)6)60(76)71-33-43(72)32-50(71)59(75)65-37(2)40-22-24-42(25-23-40)56-38(3)64-35-80-56/h7-8,10-11,13-18,20-29,35,37,43,50,57,72H,9,12,19,30-34H2,1-6H3,(H,65,75)(H,68,73)(H,77,78)(H,66,69,74)/t37-,43+,50-,57+/m0/s1. The highest BCUT2D eigenvalue weighted by molar-refractivity contribution is 7.22. The fourth-order valence-corrected chi connectivity index (χ4v) is 12.3. The minimum absolute atomic E-state index is 0.0197. The zero-order chi connectivity index (χ0) is 57.1. The average molecular weight is 1130 g/mol. The van der Waals surface area contributed by atoms with E-state index in [1.54, 1.807) is 23.5 Å². The average Bonchev–Trinajstić information content (AvgIpc) is 4.26. The van der Waals surface area contributed by atoms with E-state index in [4.69, 9.17) is 9.72 Å². The Kier molecular flexibility index (Phi) is 16.4. The number of benzene rings is 5. The first-order chi connectivity index (χ1) is 38.9. The summed E-state index contributed by atoms with van der Waals surface area (Å²) in [4.78, 5) is 86.3. The molecule has 0 saturated carbocycles. The molecule has 16 nitrogen and oxygen atoms in total. The van der Waals surface area contributed by atoms with E-state index in [1.165, 1.54) is 16.2 Å². The number of carboxylic acids is 1. The fraction of sp³-hybridized carbons (Fsp3) is 0.302. The zero-order valence-electron chi connectivity index (χ0n) is 46.0. The number of aromatic nitrogens is 3. The first-order valence-corrected chi connectivity index (χ1v) is 28.8. The largest absolute Gasteiger partial charge is 0.476 e. The molecule has 1 saturated heterocycles. The number of thiazole rings is 2. The zero-order valence-corrected chi connectivity index (χ0v) is 47.6. The number of rotatable bonds is 17. The van der Waals surface area contributed by atoms with Crippen molar-refractivity contribution in [2.75, 3.05) is 23.3 Å². The van der Waals surface area contributed by atoms with Crippen molar-refractivity contribution < 1.29 is 38.9 Å². The topological polar surface area (TPSA) is 216 Å². The highest BCUT2D eigenvalue weighted by Gasteiger charge is 2.45. The van der Waals surface area contributed by atoms with Gasteiger partial charge in [-0.3, -0.25) is 24.5 Å². The fourth-order valence-electron chi connectivity index (χ4n) is 10.7. The van der Waals surface area contributed by atoms with Gasteiger partial charge in [0, 0.05) is 43.6 Å². The van der Waals surface area contributed by atoms with Crippen LogP contribution < -0.4 is 25.6 Å². The van der Waals surface area contributed by atoms with Crippen LogP contribution in [-0.2, 0) is 33.8 Å². The van der Waals surface area contributed by atoms with Crippen molar-refractivity contribution in [1.29, 1.82) is 0 Å². The molecule has 10 rings (SSSR count). The number of carboxylic acid groups (broad SMARTS) is 1. The predicted octanol–water partition coefficient (Wildman–Crippen LogP) is 11.1. The number of aryl methyl sites for hydroxylation is 2. The molecule has 0 spiro atoms. The number of ether oxygens (including phenoxy) is 1. The Morgan fingerprint density at radius 1 is 0.852 bits per heavy atom. The van der Waals surface area contributed by atoms with Crippen molar-refractivity contribution in [2.45, 2.75) is 104 Å². The molecule has 0 bridgehead atoms. The highest BCUT2D eigenvalue weighted by Crippen LogP contribution is 2.37. The van der Waals surface area contributed by atoms with Gasteiger partial charge >= 0.3 is 5.97 Å². The van der Waals surface area contributed by atoms with E-state index in [1.807, 2.05) is 161 Å². The van der Waals surface area contributed by atoms with E-state index in [0.29, 0.717) is 71.5 Å². The Hall–Kier alpha value is -8.32. The van der Waals surface area contributed by atoms with Crippen molar-refractivity contribution >= 4 is 73.4 Å². The summed E-state index contributed by atoms with van der Waals surface area (Å²) in [6.07, 6.45) is 1.08. The lowest BCUT2D eigenvalue weighted by atomic mass is 9.85. The number of pyridine rings is 1. The molecule has 4 atom stereocenters. The van der Waals surface area contributed by atoms with Gasteiger partial charge in [-0.2, -0.15) is 0 Å². The number of hydrogen-bond acceptors (Lipinski definition) is 13. The minimum Gasteiger partial charge on any atom is -0.476 e. The summed E-state index contributed by atoms with van der Waals surface area (Å²) in [6, 6.07) is 35.8.